The predicted molar refractivity (Wildman–Crippen MR) is 164 cm³/mol. The molecule has 1 fully saturated rings. The summed E-state index contributed by atoms with van der Waals surface area (Å²) < 4.78 is 4.85. The molecule has 2 aromatic rings. The highest BCUT2D eigenvalue weighted by Crippen LogP contribution is 2.48. The Kier molecular flexibility index (Phi) is 10.2. The van der Waals surface area contributed by atoms with E-state index < -0.39 is 34.5 Å². The lowest BCUT2D eigenvalue weighted by Crippen LogP contribution is -2.52. The third kappa shape index (κ3) is 8.15. The number of allylic oxidation sites excluding steroid dienone is 1. The Hall–Kier alpha value is -3.26. The molecule has 8 heteroatoms. The molecule has 2 heterocycles. The first kappa shape index (κ1) is 30.7. The zero-order valence-electron chi connectivity index (χ0n) is 24.3. The summed E-state index contributed by atoms with van der Waals surface area (Å²) in [7, 11) is 0. The number of rotatable bonds is 4. The first-order chi connectivity index (χ1) is 19.6. The van der Waals surface area contributed by atoms with Gasteiger partial charge in [0.25, 0.3) is 0 Å². The molecule has 2 aliphatic rings. The molecule has 2 aromatic carbocycles. The molecular formula is C33H42N2O5S. The van der Waals surface area contributed by atoms with E-state index in [0.717, 1.165) is 48.8 Å². The van der Waals surface area contributed by atoms with Crippen LogP contribution in [0.3, 0.4) is 0 Å². The van der Waals surface area contributed by atoms with Gasteiger partial charge in [0.1, 0.15) is 17.7 Å². The van der Waals surface area contributed by atoms with E-state index in [2.05, 4.69) is 53.9 Å². The van der Waals surface area contributed by atoms with Crippen molar-refractivity contribution in [1.82, 2.24) is 10.2 Å². The third-order valence-electron chi connectivity index (χ3n) is 7.64. The summed E-state index contributed by atoms with van der Waals surface area (Å²) in [5.74, 6) is -0.680. The van der Waals surface area contributed by atoms with Crippen LogP contribution in [0.25, 0.3) is 11.1 Å². The van der Waals surface area contributed by atoms with Crippen molar-refractivity contribution in [1.29, 1.82) is 0 Å². The Morgan fingerprint density at radius 3 is 2.34 bits per heavy atom. The largest absolute Gasteiger partial charge is 0.480 e. The third-order valence-corrected chi connectivity index (χ3v) is 9.08. The number of fused-ring (bicyclic) bond motifs is 2. The van der Waals surface area contributed by atoms with E-state index in [4.69, 9.17) is 4.74 Å². The van der Waals surface area contributed by atoms with Gasteiger partial charge in [0.05, 0.1) is 4.75 Å². The second-order valence-corrected chi connectivity index (χ2v) is 13.3. The molecule has 220 valence electrons. The van der Waals surface area contributed by atoms with Gasteiger partial charge in [-0.05, 0) is 63.1 Å². The van der Waals surface area contributed by atoms with Gasteiger partial charge in [-0.3, -0.25) is 4.79 Å². The van der Waals surface area contributed by atoms with Gasteiger partial charge in [0.2, 0.25) is 5.91 Å². The number of nitrogens with one attached hydrogen (secondary N) is 1. The minimum Gasteiger partial charge on any atom is -0.480 e. The first-order valence-electron chi connectivity index (χ1n) is 14.6. The Balaban J connectivity index is 1.67. The number of carbonyl (C=O) groups is 3. The molecule has 3 atom stereocenters. The number of hydrogen-bond acceptors (Lipinski definition) is 5. The number of carboxylic acid groups (broad SMARTS) is 1. The molecule has 41 heavy (non-hydrogen) atoms. The number of carboxylic acids is 1. The van der Waals surface area contributed by atoms with Crippen molar-refractivity contribution in [3.63, 3.8) is 0 Å². The number of nitrogens with zero attached hydrogens (tertiary/aromatic N) is 1. The Bertz CT molecular complexity index is 1220. The summed E-state index contributed by atoms with van der Waals surface area (Å²) >= 11 is 1.69. The highest BCUT2D eigenvalue weighted by molar-refractivity contribution is 8.00. The molecule has 7 nitrogen and oxygen atoms in total. The number of benzene rings is 2. The summed E-state index contributed by atoms with van der Waals surface area (Å²) in [4.78, 5) is 40.8. The van der Waals surface area contributed by atoms with E-state index >= 15 is 0 Å². The van der Waals surface area contributed by atoms with Crippen molar-refractivity contribution < 1.29 is 24.2 Å². The standard InChI is InChI=1S/C33H42N2O5S/c1-32(2,3)40-31(39)34-27-16-12-7-5-4-6-8-13-21-41-33(22-28(30(37)38)35(23-33)29(27)36)26-19-17-25(18-20-26)24-14-10-9-11-15-24/h8-11,13-15,17-20,27-28H,4-7,12,16,21-23H2,1-3H3,(H,34,39)(H,37,38)/b13-8-. The van der Waals surface area contributed by atoms with E-state index in [9.17, 15) is 19.5 Å². The monoisotopic (exact) mass is 578 g/mol. The van der Waals surface area contributed by atoms with Crippen LogP contribution >= 0.6 is 11.8 Å². The summed E-state index contributed by atoms with van der Waals surface area (Å²) in [5.41, 5.74) is 2.47. The average Bonchev–Trinajstić information content (AvgIpc) is 3.33. The number of alkyl carbamates (subject to hydrolysis) is 1. The second-order valence-electron chi connectivity index (χ2n) is 11.9. The van der Waals surface area contributed by atoms with E-state index in [1.807, 2.05) is 18.2 Å². The number of amides is 2. The Morgan fingerprint density at radius 2 is 1.66 bits per heavy atom. The summed E-state index contributed by atoms with van der Waals surface area (Å²) in [6, 6.07) is 16.5. The maximum Gasteiger partial charge on any atom is 0.408 e. The van der Waals surface area contributed by atoms with Crippen molar-refractivity contribution in [2.75, 3.05) is 12.3 Å². The van der Waals surface area contributed by atoms with E-state index in [0.29, 0.717) is 12.2 Å². The minimum atomic E-state index is -1.03. The predicted octanol–water partition coefficient (Wildman–Crippen LogP) is 6.77. The molecule has 2 aliphatic heterocycles. The molecule has 1 saturated heterocycles. The van der Waals surface area contributed by atoms with Crippen LogP contribution in [0.5, 0.6) is 0 Å². The van der Waals surface area contributed by atoms with Gasteiger partial charge in [0.15, 0.2) is 0 Å². The molecule has 0 saturated carbocycles. The maximum atomic E-state index is 14.0. The molecule has 0 radical (unpaired) electrons. The molecule has 2 bridgehead atoms. The van der Waals surface area contributed by atoms with Gasteiger partial charge >= 0.3 is 12.1 Å². The van der Waals surface area contributed by atoms with Crippen molar-refractivity contribution >= 4 is 29.7 Å². The van der Waals surface area contributed by atoms with Crippen LogP contribution in [0, 0.1) is 0 Å². The number of hydrogen-bond donors (Lipinski definition) is 2. The average molecular weight is 579 g/mol. The molecule has 0 spiro atoms. The fourth-order valence-corrected chi connectivity index (χ4v) is 6.94. The quantitative estimate of drug-likeness (QED) is 0.389. The van der Waals surface area contributed by atoms with E-state index in [1.54, 1.807) is 32.5 Å². The van der Waals surface area contributed by atoms with Gasteiger partial charge in [-0.1, -0.05) is 86.0 Å². The van der Waals surface area contributed by atoms with Crippen molar-refractivity contribution in [2.45, 2.75) is 88.1 Å². The summed E-state index contributed by atoms with van der Waals surface area (Å²) in [6.07, 6.45) is 9.20. The van der Waals surface area contributed by atoms with Crippen molar-refractivity contribution in [3.05, 3.63) is 72.3 Å². The fraction of sp³-hybridized carbons (Fsp3) is 0.485. The van der Waals surface area contributed by atoms with Crippen LogP contribution in [0.4, 0.5) is 4.79 Å². The number of aliphatic carboxylic acids is 1. The molecule has 4 rings (SSSR count). The van der Waals surface area contributed by atoms with Crippen LogP contribution in [0.1, 0.15) is 71.3 Å². The number of ether oxygens (including phenoxy) is 1. The van der Waals surface area contributed by atoms with Gasteiger partial charge in [-0.15, -0.1) is 11.8 Å². The molecule has 2 N–H and O–H groups in total. The minimum absolute atomic E-state index is 0.249. The Morgan fingerprint density at radius 1 is 0.976 bits per heavy atom. The summed E-state index contributed by atoms with van der Waals surface area (Å²) in [5, 5.41) is 13.1. The zero-order valence-corrected chi connectivity index (χ0v) is 25.1. The molecule has 2 amide bonds. The van der Waals surface area contributed by atoms with E-state index in [-0.39, 0.29) is 18.9 Å². The smallest absolute Gasteiger partial charge is 0.408 e. The second kappa shape index (κ2) is 13.6. The number of carbonyl (C=O) groups excluding carboxylic acids is 2. The molecule has 3 unspecified atom stereocenters. The van der Waals surface area contributed by atoms with Gasteiger partial charge in [-0.25, -0.2) is 9.59 Å². The van der Waals surface area contributed by atoms with Gasteiger partial charge in [-0.2, -0.15) is 0 Å². The SMILES string of the molecule is CC(C)(C)OC(=O)NC1CCCCCC/C=C\CSC2(c3ccc(-c4ccccc4)cc3)CC(C(=O)O)N(C2)C1=O. The Labute approximate surface area is 247 Å². The normalized spacial score (nSPS) is 25.0. The molecule has 0 aliphatic carbocycles. The molecule has 0 aromatic heterocycles. The highest BCUT2D eigenvalue weighted by Gasteiger charge is 2.51. The van der Waals surface area contributed by atoms with E-state index in [1.165, 1.54) is 4.90 Å². The van der Waals surface area contributed by atoms with Crippen LogP contribution in [0.15, 0.2) is 66.7 Å². The van der Waals surface area contributed by atoms with Gasteiger partial charge in [0, 0.05) is 12.3 Å². The van der Waals surface area contributed by atoms with Crippen LogP contribution < -0.4 is 5.32 Å². The summed E-state index contributed by atoms with van der Waals surface area (Å²) in [6.45, 7) is 5.57. The van der Waals surface area contributed by atoms with Gasteiger partial charge < -0.3 is 20.1 Å². The molecular weight excluding hydrogens is 536 g/mol. The fourth-order valence-electron chi connectivity index (χ4n) is 5.58. The van der Waals surface area contributed by atoms with Crippen molar-refractivity contribution in [3.8, 4) is 11.1 Å². The maximum absolute atomic E-state index is 14.0. The lowest BCUT2D eigenvalue weighted by Gasteiger charge is -2.31. The van der Waals surface area contributed by atoms with Crippen LogP contribution in [-0.4, -0.2) is 58.0 Å². The topological polar surface area (TPSA) is 95.9 Å². The van der Waals surface area contributed by atoms with Crippen LogP contribution in [-0.2, 0) is 19.1 Å². The zero-order chi connectivity index (χ0) is 29.5. The van der Waals surface area contributed by atoms with Crippen LogP contribution in [0.2, 0.25) is 0 Å². The first-order valence-corrected chi connectivity index (χ1v) is 15.5. The van der Waals surface area contributed by atoms with Crippen molar-refractivity contribution in [2.24, 2.45) is 0 Å². The lowest BCUT2D eigenvalue weighted by molar-refractivity contribution is -0.149. The highest BCUT2D eigenvalue weighted by atomic mass is 32.2. The lowest BCUT2D eigenvalue weighted by atomic mass is 9.93. The number of thioether (sulfide) groups is 1.